The van der Waals surface area contributed by atoms with Crippen LogP contribution < -0.4 is 0 Å². The van der Waals surface area contributed by atoms with Gasteiger partial charge in [-0.3, -0.25) is 4.90 Å². The normalized spacial score (nSPS) is 24.9. The summed E-state index contributed by atoms with van der Waals surface area (Å²) in [6, 6.07) is 7.27. The van der Waals surface area contributed by atoms with E-state index in [4.69, 9.17) is 0 Å². The predicted molar refractivity (Wildman–Crippen MR) is 117 cm³/mol. The van der Waals surface area contributed by atoms with Gasteiger partial charge in [-0.1, -0.05) is 63.1 Å². The maximum Gasteiger partial charge on any atom is 0.407 e. The summed E-state index contributed by atoms with van der Waals surface area (Å²) in [6.45, 7) is 3.00. The molecule has 1 aliphatic heterocycles. The quantitative estimate of drug-likeness (QED) is 0.604. The molecule has 0 aromatic heterocycles. The van der Waals surface area contributed by atoms with E-state index in [0.29, 0.717) is 18.5 Å². The van der Waals surface area contributed by atoms with Crippen molar-refractivity contribution in [2.24, 2.45) is 5.92 Å². The van der Waals surface area contributed by atoms with E-state index in [-0.39, 0.29) is 0 Å². The molecule has 2 atom stereocenters. The first-order valence-corrected chi connectivity index (χ1v) is 11.9. The molecule has 1 amide bonds. The lowest BCUT2D eigenvalue weighted by atomic mass is 9.77. The van der Waals surface area contributed by atoms with Crippen LogP contribution in [0.1, 0.15) is 86.8 Å². The molecule has 29 heavy (non-hydrogen) atoms. The number of carbonyl (C=O) groups is 1. The number of carboxylic acid groups (broad SMARTS) is 1. The topological polar surface area (TPSA) is 43.8 Å². The minimum atomic E-state index is -0.850. The van der Waals surface area contributed by atoms with Gasteiger partial charge in [0.25, 0.3) is 0 Å². The third-order valence-corrected chi connectivity index (χ3v) is 7.83. The molecule has 2 aliphatic carbocycles. The van der Waals surface area contributed by atoms with Crippen molar-refractivity contribution in [1.29, 1.82) is 0 Å². The lowest BCUT2D eigenvalue weighted by Crippen LogP contribution is -2.36. The summed E-state index contributed by atoms with van der Waals surface area (Å²) in [5.74, 6) is 1.66. The molecule has 4 nitrogen and oxygen atoms in total. The fourth-order valence-electron chi connectivity index (χ4n) is 6.24. The van der Waals surface area contributed by atoms with Crippen LogP contribution in [0.2, 0.25) is 0 Å². The Labute approximate surface area is 176 Å². The molecule has 0 bridgehead atoms. The molecule has 2 fully saturated rings. The largest absolute Gasteiger partial charge is 0.465 e. The number of benzene rings is 1. The first kappa shape index (κ1) is 20.7. The average molecular weight is 399 g/mol. The number of hydrogen-bond acceptors (Lipinski definition) is 2. The van der Waals surface area contributed by atoms with Crippen molar-refractivity contribution in [2.75, 3.05) is 20.1 Å². The predicted octanol–water partition coefficient (Wildman–Crippen LogP) is 5.65. The number of fused-ring (bicyclic) bond motifs is 3. The summed E-state index contributed by atoms with van der Waals surface area (Å²) in [5, 5.41) is 9.24. The van der Waals surface area contributed by atoms with E-state index < -0.39 is 6.09 Å². The van der Waals surface area contributed by atoms with Gasteiger partial charge in [-0.25, -0.2) is 4.79 Å². The maximum absolute atomic E-state index is 11.2. The van der Waals surface area contributed by atoms with Gasteiger partial charge in [0, 0.05) is 25.6 Å². The molecule has 4 rings (SSSR count). The molecular weight excluding hydrogens is 360 g/mol. The van der Waals surface area contributed by atoms with E-state index in [1.807, 2.05) is 0 Å². The Hall–Kier alpha value is -1.55. The Bertz CT molecular complexity index is 698. The first-order chi connectivity index (χ1) is 14.1. The van der Waals surface area contributed by atoms with Gasteiger partial charge in [-0.05, 0) is 61.4 Å². The number of nitrogens with zero attached hydrogens (tertiary/aromatic N) is 2. The van der Waals surface area contributed by atoms with Gasteiger partial charge < -0.3 is 10.0 Å². The number of rotatable bonds is 7. The summed E-state index contributed by atoms with van der Waals surface area (Å²) in [5.41, 5.74) is 4.14. The number of likely N-dealkylation sites (tertiary alicyclic amines) is 1. The van der Waals surface area contributed by atoms with Crippen molar-refractivity contribution in [1.82, 2.24) is 9.80 Å². The van der Waals surface area contributed by atoms with Crippen LogP contribution in [0, 0.1) is 5.92 Å². The van der Waals surface area contributed by atoms with Crippen molar-refractivity contribution in [2.45, 2.75) is 89.1 Å². The summed E-state index contributed by atoms with van der Waals surface area (Å²) < 4.78 is 0. The second-order valence-corrected chi connectivity index (χ2v) is 9.66. The monoisotopic (exact) mass is 398 g/mol. The van der Waals surface area contributed by atoms with Crippen molar-refractivity contribution in [3.05, 3.63) is 34.9 Å². The third kappa shape index (κ3) is 4.79. The van der Waals surface area contributed by atoms with Gasteiger partial charge in [0.05, 0.1) is 0 Å². The van der Waals surface area contributed by atoms with E-state index >= 15 is 0 Å². The Morgan fingerprint density at radius 3 is 2.76 bits per heavy atom. The lowest BCUT2D eigenvalue weighted by Gasteiger charge is -2.35. The van der Waals surface area contributed by atoms with E-state index in [0.717, 1.165) is 12.3 Å². The average Bonchev–Trinajstić information content (AvgIpc) is 3.15. The number of hydrogen-bond donors (Lipinski definition) is 1. The highest BCUT2D eigenvalue weighted by Gasteiger charge is 2.38. The van der Waals surface area contributed by atoms with Crippen LogP contribution >= 0.6 is 0 Å². The molecule has 4 heteroatoms. The van der Waals surface area contributed by atoms with E-state index in [1.54, 1.807) is 7.05 Å². The first-order valence-electron chi connectivity index (χ1n) is 11.9. The highest BCUT2D eigenvalue weighted by atomic mass is 16.4. The van der Waals surface area contributed by atoms with Crippen LogP contribution in [0.15, 0.2) is 18.2 Å². The Kier molecular flexibility index (Phi) is 6.79. The van der Waals surface area contributed by atoms with Crippen molar-refractivity contribution >= 4 is 6.09 Å². The molecular formula is C25H38N2O2. The second-order valence-electron chi connectivity index (χ2n) is 9.66. The summed E-state index contributed by atoms with van der Waals surface area (Å²) in [7, 11) is 1.66. The minimum absolute atomic E-state index is 0.501. The van der Waals surface area contributed by atoms with Crippen LogP contribution in [0.25, 0.3) is 0 Å². The maximum atomic E-state index is 11.2. The zero-order valence-electron chi connectivity index (χ0n) is 18.1. The molecule has 1 saturated heterocycles. The van der Waals surface area contributed by atoms with Gasteiger partial charge in [0.2, 0.25) is 0 Å². The van der Waals surface area contributed by atoms with Crippen molar-refractivity contribution in [3.8, 4) is 0 Å². The zero-order valence-corrected chi connectivity index (χ0v) is 18.1. The number of unbranched alkanes of at least 4 members (excludes halogenated alkanes) is 1. The van der Waals surface area contributed by atoms with Gasteiger partial charge in [0.15, 0.2) is 0 Å². The fourth-order valence-corrected chi connectivity index (χ4v) is 6.24. The van der Waals surface area contributed by atoms with E-state index in [1.165, 1.54) is 98.9 Å². The summed E-state index contributed by atoms with van der Waals surface area (Å²) >= 11 is 0. The minimum Gasteiger partial charge on any atom is -0.465 e. The summed E-state index contributed by atoms with van der Waals surface area (Å²) in [6.07, 6.45) is 14.3. The van der Waals surface area contributed by atoms with Gasteiger partial charge in [-0.15, -0.1) is 0 Å². The van der Waals surface area contributed by atoms with Crippen molar-refractivity contribution in [3.63, 3.8) is 0 Å². The van der Waals surface area contributed by atoms with Crippen molar-refractivity contribution < 1.29 is 9.90 Å². The molecule has 1 aromatic rings. The Morgan fingerprint density at radius 1 is 1.14 bits per heavy atom. The fraction of sp³-hybridized carbons (Fsp3) is 0.720. The SMILES string of the molecule is CN(Cc1cccc2c1CC[C@H]1[C@@H]2CCN1CCCCC1CCCCC1)C(=O)O. The molecule has 0 radical (unpaired) electrons. The highest BCUT2D eigenvalue weighted by molar-refractivity contribution is 5.64. The molecule has 1 heterocycles. The van der Waals surface area contributed by atoms with Crippen LogP contribution in [0.4, 0.5) is 4.79 Å². The zero-order chi connectivity index (χ0) is 20.2. The molecule has 160 valence electrons. The van der Waals surface area contributed by atoms with Crippen LogP contribution in [-0.4, -0.2) is 47.2 Å². The molecule has 0 spiro atoms. The highest BCUT2D eigenvalue weighted by Crippen LogP contribution is 2.42. The molecule has 1 saturated carbocycles. The van der Waals surface area contributed by atoms with Gasteiger partial charge in [-0.2, -0.15) is 0 Å². The number of amides is 1. The Morgan fingerprint density at radius 2 is 1.97 bits per heavy atom. The Balaban J connectivity index is 1.32. The van der Waals surface area contributed by atoms with Crippen LogP contribution in [0.3, 0.4) is 0 Å². The molecule has 1 N–H and O–H groups in total. The third-order valence-electron chi connectivity index (χ3n) is 7.83. The molecule has 0 unspecified atom stereocenters. The van der Waals surface area contributed by atoms with Gasteiger partial charge >= 0.3 is 6.09 Å². The van der Waals surface area contributed by atoms with E-state index in [2.05, 4.69) is 23.1 Å². The standard InChI is InChI=1S/C25H38N2O2/c1-26(25(28)29)18-20-11-7-12-22-21(20)13-14-24-23(22)15-17-27(24)16-6-5-10-19-8-3-2-4-9-19/h7,11-12,19,23-24H,2-6,8-10,13-18H2,1H3,(H,28,29)/t23-,24+/m1/s1. The second kappa shape index (κ2) is 9.51. The molecule has 3 aliphatic rings. The lowest BCUT2D eigenvalue weighted by molar-refractivity contribution is 0.153. The summed E-state index contributed by atoms with van der Waals surface area (Å²) in [4.78, 5) is 15.4. The molecule has 1 aromatic carbocycles. The van der Waals surface area contributed by atoms with Gasteiger partial charge in [0.1, 0.15) is 0 Å². The van der Waals surface area contributed by atoms with Crippen LogP contribution in [-0.2, 0) is 13.0 Å². The van der Waals surface area contributed by atoms with E-state index in [9.17, 15) is 9.90 Å². The van der Waals surface area contributed by atoms with Crippen LogP contribution in [0.5, 0.6) is 0 Å². The smallest absolute Gasteiger partial charge is 0.407 e.